The smallest absolute Gasteiger partial charge is 0.166 e. The van der Waals surface area contributed by atoms with E-state index in [4.69, 9.17) is 19.9 Å². The SMILES string of the molecule is c1ccc(-c2nc(-c3ccccc3)nc(-c3cc4c5ccccc5ccc4c4cccnc34)n2)cc1. The summed E-state index contributed by atoms with van der Waals surface area (Å²) in [6.45, 7) is 0. The minimum Gasteiger partial charge on any atom is -0.255 e. The second-order valence-electron chi connectivity index (χ2n) is 8.74. The van der Waals surface area contributed by atoms with E-state index >= 15 is 0 Å². The molecule has 0 unspecified atom stereocenters. The Hall–Kier alpha value is -4.96. The number of rotatable bonds is 3. The molecule has 0 amide bonds. The van der Waals surface area contributed by atoms with Gasteiger partial charge in [-0.05, 0) is 33.7 Å². The Balaban J connectivity index is 1.58. The summed E-state index contributed by atoms with van der Waals surface area (Å²) in [6.07, 6.45) is 1.83. The zero-order chi connectivity index (χ0) is 23.9. The molecule has 0 aliphatic heterocycles. The third kappa shape index (κ3) is 3.39. The second-order valence-corrected chi connectivity index (χ2v) is 8.74. The van der Waals surface area contributed by atoms with Gasteiger partial charge in [0.05, 0.1) is 5.52 Å². The van der Waals surface area contributed by atoms with Crippen LogP contribution in [0.15, 0.2) is 121 Å². The number of aromatic nitrogens is 4. The van der Waals surface area contributed by atoms with Crippen molar-refractivity contribution in [2.45, 2.75) is 0 Å². The van der Waals surface area contributed by atoms with Crippen molar-refractivity contribution in [3.63, 3.8) is 0 Å². The molecule has 36 heavy (non-hydrogen) atoms. The molecule has 0 saturated carbocycles. The van der Waals surface area contributed by atoms with E-state index in [0.29, 0.717) is 17.5 Å². The van der Waals surface area contributed by atoms with E-state index in [1.807, 2.05) is 72.9 Å². The lowest BCUT2D eigenvalue weighted by Crippen LogP contribution is -2.01. The fourth-order valence-corrected chi connectivity index (χ4v) is 4.84. The van der Waals surface area contributed by atoms with Crippen LogP contribution >= 0.6 is 0 Å². The van der Waals surface area contributed by atoms with Crippen molar-refractivity contribution >= 4 is 32.4 Å². The number of pyridine rings is 1. The monoisotopic (exact) mass is 460 g/mol. The van der Waals surface area contributed by atoms with Crippen molar-refractivity contribution in [1.82, 2.24) is 19.9 Å². The molecule has 0 saturated heterocycles. The molecule has 2 heterocycles. The highest BCUT2D eigenvalue weighted by Gasteiger charge is 2.17. The quantitative estimate of drug-likeness (QED) is 0.253. The number of hydrogen-bond donors (Lipinski definition) is 0. The third-order valence-electron chi connectivity index (χ3n) is 6.55. The van der Waals surface area contributed by atoms with Gasteiger partial charge in [0, 0.05) is 28.3 Å². The van der Waals surface area contributed by atoms with Gasteiger partial charge in [-0.15, -0.1) is 0 Å². The minimum absolute atomic E-state index is 0.612. The zero-order valence-corrected chi connectivity index (χ0v) is 19.3. The van der Waals surface area contributed by atoms with Crippen molar-refractivity contribution in [1.29, 1.82) is 0 Å². The first kappa shape index (κ1) is 20.4. The van der Waals surface area contributed by atoms with Crippen molar-refractivity contribution in [3.05, 3.63) is 121 Å². The van der Waals surface area contributed by atoms with E-state index in [0.717, 1.165) is 33.0 Å². The molecule has 0 fully saturated rings. The van der Waals surface area contributed by atoms with Gasteiger partial charge in [-0.25, -0.2) is 15.0 Å². The highest BCUT2D eigenvalue weighted by atomic mass is 15.0. The van der Waals surface area contributed by atoms with Crippen molar-refractivity contribution in [2.75, 3.05) is 0 Å². The topological polar surface area (TPSA) is 51.6 Å². The molecule has 4 nitrogen and oxygen atoms in total. The lowest BCUT2D eigenvalue weighted by Gasteiger charge is -2.13. The van der Waals surface area contributed by atoms with Crippen LogP contribution in [-0.2, 0) is 0 Å². The van der Waals surface area contributed by atoms with Crippen LogP contribution in [0.4, 0.5) is 0 Å². The molecule has 2 aromatic heterocycles. The van der Waals surface area contributed by atoms with Gasteiger partial charge in [0.15, 0.2) is 17.5 Å². The Morgan fingerprint density at radius 3 is 1.75 bits per heavy atom. The van der Waals surface area contributed by atoms with Crippen molar-refractivity contribution in [3.8, 4) is 34.2 Å². The Kier molecular flexibility index (Phi) is 4.74. The average molecular weight is 461 g/mol. The molecule has 0 spiro atoms. The first-order chi connectivity index (χ1) is 17.8. The average Bonchev–Trinajstić information content (AvgIpc) is 2.97. The Labute approximate surface area is 208 Å². The van der Waals surface area contributed by atoms with Crippen LogP contribution in [0.25, 0.3) is 66.6 Å². The maximum atomic E-state index is 4.97. The lowest BCUT2D eigenvalue weighted by atomic mass is 9.95. The summed E-state index contributed by atoms with van der Waals surface area (Å²) < 4.78 is 0. The molecule has 5 aromatic carbocycles. The van der Waals surface area contributed by atoms with Crippen molar-refractivity contribution in [2.24, 2.45) is 0 Å². The lowest BCUT2D eigenvalue weighted by molar-refractivity contribution is 1.08. The maximum absolute atomic E-state index is 4.97. The number of nitrogens with zero attached hydrogens (tertiary/aromatic N) is 4. The second kappa shape index (κ2) is 8.36. The van der Waals surface area contributed by atoms with E-state index in [2.05, 4.69) is 48.5 Å². The Morgan fingerprint density at radius 1 is 0.417 bits per heavy atom. The van der Waals surface area contributed by atoms with E-state index in [9.17, 15) is 0 Å². The van der Waals surface area contributed by atoms with Crippen LogP contribution in [-0.4, -0.2) is 19.9 Å². The fourth-order valence-electron chi connectivity index (χ4n) is 4.84. The fraction of sp³-hybridized carbons (Fsp3) is 0. The van der Waals surface area contributed by atoms with Gasteiger partial charge in [0.1, 0.15) is 0 Å². The first-order valence-electron chi connectivity index (χ1n) is 11.9. The Morgan fingerprint density at radius 2 is 1.03 bits per heavy atom. The van der Waals surface area contributed by atoms with Gasteiger partial charge in [-0.1, -0.05) is 103 Å². The number of hydrogen-bond acceptors (Lipinski definition) is 4. The summed E-state index contributed by atoms with van der Waals surface area (Å²) in [6, 6.07) is 39.2. The largest absolute Gasteiger partial charge is 0.255 e. The first-order valence-corrected chi connectivity index (χ1v) is 11.9. The van der Waals surface area contributed by atoms with E-state index in [1.54, 1.807) is 0 Å². The van der Waals surface area contributed by atoms with Gasteiger partial charge in [0.2, 0.25) is 0 Å². The van der Waals surface area contributed by atoms with Crippen LogP contribution in [0.3, 0.4) is 0 Å². The molecule has 4 heteroatoms. The molecule has 0 radical (unpaired) electrons. The van der Waals surface area contributed by atoms with Gasteiger partial charge >= 0.3 is 0 Å². The van der Waals surface area contributed by atoms with Crippen molar-refractivity contribution < 1.29 is 0 Å². The summed E-state index contributed by atoms with van der Waals surface area (Å²) in [5.41, 5.74) is 3.67. The summed E-state index contributed by atoms with van der Waals surface area (Å²) in [5.74, 6) is 1.89. The van der Waals surface area contributed by atoms with Gasteiger partial charge < -0.3 is 0 Å². The summed E-state index contributed by atoms with van der Waals surface area (Å²) in [4.78, 5) is 19.6. The molecule has 0 aliphatic rings. The van der Waals surface area contributed by atoms with Crippen LogP contribution < -0.4 is 0 Å². The van der Waals surface area contributed by atoms with Gasteiger partial charge in [-0.2, -0.15) is 0 Å². The van der Waals surface area contributed by atoms with Crippen LogP contribution in [0.5, 0.6) is 0 Å². The maximum Gasteiger partial charge on any atom is 0.166 e. The van der Waals surface area contributed by atoms with Crippen LogP contribution in [0, 0.1) is 0 Å². The molecule has 7 aromatic rings. The highest BCUT2D eigenvalue weighted by molar-refractivity contribution is 6.19. The van der Waals surface area contributed by atoms with Crippen LogP contribution in [0.2, 0.25) is 0 Å². The molecule has 0 bridgehead atoms. The molecule has 168 valence electrons. The molecule has 7 rings (SSSR count). The number of benzene rings is 5. The van der Waals surface area contributed by atoms with Crippen LogP contribution in [0.1, 0.15) is 0 Å². The third-order valence-corrected chi connectivity index (χ3v) is 6.55. The van der Waals surface area contributed by atoms with E-state index < -0.39 is 0 Å². The standard InChI is InChI=1S/C32H20N4/c1-3-11-22(12-4-1)30-34-31(23-13-5-2-6-14-23)36-32(35-30)28-20-27-24-15-8-7-10-21(24)17-18-25(27)26-16-9-19-33-29(26)28/h1-20H. The summed E-state index contributed by atoms with van der Waals surface area (Å²) >= 11 is 0. The van der Waals surface area contributed by atoms with Gasteiger partial charge in [0.25, 0.3) is 0 Å². The molecular weight excluding hydrogens is 440 g/mol. The summed E-state index contributed by atoms with van der Waals surface area (Å²) in [7, 11) is 0. The predicted molar refractivity (Wildman–Crippen MR) is 146 cm³/mol. The highest BCUT2D eigenvalue weighted by Crippen LogP contribution is 2.36. The normalized spacial score (nSPS) is 11.3. The molecule has 0 aliphatic carbocycles. The Bertz CT molecular complexity index is 1820. The molecular formula is C32H20N4. The van der Waals surface area contributed by atoms with E-state index in [-0.39, 0.29) is 0 Å². The molecule has 0 N–H and O–H groups in total. The van der Waals surface area contributed by atoms with Gasteiger partial charge in [-0.3, -0.25) is 4.98 Å². The van der Waals surface area contributed by atoms with E-state index in [1.165, 1.54) is 16.2 Å². The minimum atomic E-state index is 0.612. The predicted octanol–water partition coefficient (Wildman–Crippen LogP) is 7.73. The number of fused-ring (bicyclic) bond motifs is 5. The summed E-state index contributed by atoms with van der Waals surface area (Å²) in [5, 5.41) is 5.80. The zero-order valence-electron chi connectivity index (χ0n) is 19.3. The molecule has 0 atom stereocenters.